The summed E-state index contributed by atoms with van der Waals surface area (Å²) in [5.74, 6) is 0.411. The van der Waals surface area contributed by atoms with Gasteiger partial charge in [-0.25, -0.2) is 0 Å². The smallest absolute Gasteiger partial charge is 0.254 e. The van der Waals surface area contributed by atoms with Crippen LogP contribution in [0.3, 0.4) is 0 Å². The number of rotatable bonds is 2. The summed E-state index contributed by atoms with van der Waals surface area (Å²) in [6.07, 6.45) is 3.57. The predicted octanol–water partition coefficient (Wildman–Crippen LogP) is 1.52. The molecule has 0 radical (unpaired) electrons. The molecule has 3 heterocycles. The molecule has 0 bridgehead atoms. The average Bonchev–Trinajstić information content (AvgIpc) is 3.06. The normalized spacial score (nSPS) is 28.7. The molecule has 6 nitrogen and oxygen atoms in total. The molecule has 116 valence electrons. The van der Waals surface area contributed by atoms with Gasteiger partial charge in [0.2, 0.25) is 0 Å². The van der Waals surface area contributed by atoms with Crippen LogP contribution in [0.5, 0.6) is 0 Å². The fourth-order valence-electron chi connectivity index (χ4n) is 3.23. The molecule has 1 unspecified atom stereocenters. The van der Waals surface area contributed by atoms with Crippen molar-refractivity contribution in [3.63, 3.8) is 0 Å². The van der Waals surface area contributed by atoms with Gasteiger partial charge in [-0.2, -0.15) is 9.78 Å². The third-order valence-electron chi connectivity index (χ3n) is 4.98. The van der Waals surface area contributed by atoms with Crippen molar-refractivity contribution in [2.75, 3.05) is 25.5 Å². The van der Waals surface area contributed by atoms with Gasteiger partial charge < -0.3 is 15.8 Å². The van der Waals surface area contributed by atoms with Crippen LogP contribution in [-0.2, 0) is 10.3 Å². The van der Waals surface area contributed by atoms with Crippen molar-refractivity contribution in [2.24, 2.45) is 5.41 Å². The number of nitrogens with two attached hydrogens (primary N) is 1. The summed E-state index contributed by atoms with van der Waals surface area (Å²) in [6.45, 7) is 6.32. The molecule has 3 N–H and O–H groups in total. The van der Waals surface area contributed by atoms with Gasteiger partial charge in [0, 0.05) is 19.3 Å². The molecule has 2 aliphatic rings. The Morgan fingerprint density at radius 1 is 1.38 bits per heavy atom. The van der Waals surface area contributed by atoms with Gasteiger partial charge in [0.05, 0.1) is 16.6 Å². The van der Waals surface area contributed by atoms with E-state index in [1.54, 1.807) is 0 Å². The lowest BCUT2D eigenvalue weighted by molar-refractivity contribution is 0.0168. The second-order valence-electron chi connectivity index (χ2n) is 6.71. The van der Waals surface area contributed by atoms with E-state index in [4.69, 9.17) is 10.5 Å². The van der Waals surface area contributed by atoms with Gasteiger partial charge in [-0.3, -0.25) is 4.79 Å². The first-order chi connectivity index (χ1) is 9.95. The maximum Gasteiger partial charge on any atom is 0.254 e. The van der Waals surface area contributed by atoms with Crippen LogP contribution in [0, 0.1) is 5.41 Å². The Morgan fingerprint density at radius 2 is 2.10 bits per heavy atom. The molecule has 0 spiro atoms. The van der Waals surface area contributed by atoms with Crippen molar-refractivity contribution in [3.05, 3.63) is 11.8 Å². The van der Waals surface area contributed by atoms with Crippen LogP contribution < -0.4 is 11.1 Å². The van der Waals surface area contributed by atoms with Crippen LogP contribution in [0.25, 0.3) is 0 Å². The molecule has 2 fully saturated rings. The summed E-state index contributed by atoms with van der Waals surface area (Å²) in [5.41, 5.74) is 6.32. The number of carbonyl (C=O) groups excluding carboxylic acids is 1. The van der Waals surface area contributed by atoms with Crippen LogP contribution in [0.1, 0.15) is 50.0 Å². The molecule has 21 heavy (non-hydrogen) atoms. The highest BCUT2D eigenvalue weighted by atomic mass is 16.5. The number of nitrogens with zero attached hydrogens (tertiary/aromatic N) is 2. The molecule has 2 aliphatic heterocycles. The minimum Gasteiger partial charge on any atom is -0.383 e. The minimum atomic E-state index is -0.431. The Balaban J connectivity index is 1.89. The van der Waals surface area contributed by atoms with Gasteiger partial charge in [0.1, 0.15) is 5.82 Å². The molecule has 0 aromatic carbocycles. The second kappa shape index (κ2) is 5.10. The monoisotopic (exact) mass is 292 g/mol. The zero-order valence-corrected chi connectivity index (χ0v) is 12.8. The van der Waals surface area contributed by atoms with Gasteiger partial charge in [0.25, 0.3) is 5.91 Å². The molecule has 1 atom stereocenters. The zero-order valence-electron chi connectivity index (χ0n) is 12.8. The SMILES string of the molecule is CC1(C(=O)n2nc(C3(C)CCCN3)cc2N)CCOCC1. The second-order valence-corrected chi connectivity index (χ2v) is 6.71. The summed E-state index contributed by atoms with van der Waals surface area (Å²) < 4.78 is 6.76. The Hall–Kier alpha value is -1.40. The van der Waals surface area contributed by atoms with E-state index in [0.717, 1.165) is 37.9 Å². The number of hydrogen-bond donors (Lipinski definition) is 2. The Morgan fingerprint density at radius 3 is 2.71 bits per heavy atom. The van der Waals surface area contributed by atoms with Gasteiger partial charge in [-0.15, -0.1) is 0 Å². The van der Waals surface area contributed by atoms with E-state index in [1.807, 2.05) is 13.0 Å². The van der Waals surface area contributed by atoms with Gasteiger partial charge >= 0.3 is 0 Å². The fourth-order valence-corrected chi connectivity index (χ4v) is 3.23. The molecule has 0 aliphatic carbocycles. The van der Waals surface area contributed by atoms with E-state index in [9.17, 15) is 4.79 Å². The lowest BCUT2D eigenvalue weighted by atomic mass is 9.81. The summed E-state index contributed by atoms with van der Waals surface area (Å²) in [6, 6.07) is 1.83. The topological polar surface area (TPSA) is 82.2 Å². The van der Waals surface area contributed by atoms with Crippen LogP contribution in [-0.4, -0.2) is 35.4 Å². The number of anilines is 1. The summed E-state index contributed by atoms with van der Waals surface area (Å²) in [7, 11) is 0. The van der Waals surface area contributed by atoms with Crippen LogP contribution in [0.15, 0.2) is 6.07 Å². The summed E-state index contributed by atoms with van der Waals surface area (Å²) >= 11 is 0. The lowest BCUT2D eigenvalue weighted by Crippen LogP contribution is -2.39. The van der Waals surface area contributed by atoms with E-state index in [2.05, 4.69) is 17.3 Å². The fraction of sp³-hybridized carbons (Fsp3) is 0.733. The first-order valence-corrected chi connectivity index (χ1v) is 7.68. The highest BCUT2D eigenvalue weighted by Gasteiger charge is 2.39. The van der Waals surface area contributed by atoms with Crippen molar-refractivity contribution >= 4 is 11.7 Å². The van der Waals surface area contributed by atoms with Crippen LogP contribution in [0.4, 0.5) is 5.82 Å². The lowest BCUT2D eigenvalue weighted by Gasteiger charge is -2.31. The number of carbonyl (C=O) groups is 1. The van der Waals surface area contributed by atoms with Crippen molar-refractivity contribution in [1.82, 2.24) is 15.1 Å². The Kier molecular flexibility index (Phi) is 3.53. The van der Waals surface area contributed by atoms with Crippen molar-refractivity contribution in [2.45, 2.75) is 45.1 Å². The van der Waals surface area contributed by atoms with Crippen molar-refractivity contribution < 1.29 is 9.53 Å². The predicted molar refractivity (Wildman–Crippen MR) is 80.0 cm³/mol. The number of nitrogens with one attached hydrogen (secondary N) is 1. The van der Waals surface area contributed by atoms with Crippen molar-refractivity contribution in [3.8, 4) is 0 Å². The van der Waals surface area contributed by atoms with E-state index >= 15 is 0 Å². The molecule has 1 aromatic heterocycles. The number of ether oxygens (including phenoxy) is 1. The minimum absolute atomic E-state index is 0.0175. The number of nitrogen functional groups attached to an aromatic ring is 1. The van der Waals surface area contributed by atoms with Crippen LogP contribution in [0.2, 0.25) is 0 Å². The highest BCUT2D eigenvalue weighted by Crippen LogP contribution is 2.34. The van der Waals surface area contributed by atoms with E-state index in [1.165, 1.54) is 4.68 Å². The van der Waals surface area contributed by atoms with Gasteiger partial charge in [-0.1, -0.05) is 6.92 Å². The molecule has 2 saturated heterocycles. The van der Waals surface area contributed by atoms with E-state index in [-0.39, 0.29) is 11.4 Å². The maximum atomic E-state index is 12.8. The molecular formula is C15H24N4O2. The summed E-state index contributed by atoms with van der Waals surface area (Å²) in [5, 5.41) is 7.98. The first kappa shape index (κ1) is 14.5. The van der Waals surface area contributed by atoms with E-state index < -0.39 is 5.41 Å². The first-order valence-electron chi connectivity index (χ1n) is 7.68. The molecule has 1 aromatic rings. The molecule has 0 amide bonds. The Labute approximate surface area is 125 Å². The molecular weight excluding hydrogens is 268 g/mol. The molecule has 3 rings (SSSR count). The molecule has 0 saturated carbocycles. The maximum absolute atomic E-state index is 12.8. The van der Waals surface area contributed by atoms with E-state index in [0.29, 0.717) is 19.0 Å². The molecule has 6 heteroatoms. The zero-order chi connectivity index (χ0) is 15.1. The largest absolute Gasteiger partial charge is 0.383 e. The number of aromatic nitrogens is 2. The standard InChI is InChI=1S/C15H24N4O2/c1-14(5-8-21-9-6-14)13(20)19-12(16)10-11(18-19)15(2)4-3-7-17-15/h10,17H,3-9,16H2,1-2H3. The van der Waals surface area contributed by atoms with Crippen LogP contribution >= 0.6 is 0 Å². The highest BCUT2D eigenvalue weighted by molar-refractivity contribution is 5.86. The average molecular weight is 292 g/mol. The van der Waals surface area contributed by atoms with Crippen molar-refractivity contribution in [1.29, 1.82) is 0 Å². The number of hydrogen-bond acceptors (Lipinski definition) is 5. The third-order valence-corrected chi connectivity index (χ3v) is 4.98. The van der Waals surface area contributed by atoms with Gasteiger partial charge in [-0.05, 0) is 39.2 Å². The van der Waals surface area contributed by atoms with Gasteiger partial charge in [0.15, 0.2) is 0 Å². The summed E-state index contributed by atoms with van der Waals surface area (Å²) in [4.78, 5) is 12.8. The Bertz CT molecular complexity index is 540. The quantitative estimate of drug-likeness (QED) is 0.863. The third kappa shape index (κ3) is 2.46.